The number of terminal acetylenes is 1. The molecule has 0 aromatic carbocycles. The van der Waals surface area contributed by atoms with Gasteiger partial charge in [0.15, 0.2) is 0 Å². The van der Waals surface area contributed by atoms with Crippen molar-refractivity contribution in [3.63, 3.8) is 0 Å². The van der Waals surface area contributed by atoms with Gasteiger partial charge in [-0.15, -0.1) is 6.42 Å². The zero-order valence-corrected chi connectivity index (χ0v) is 13.2. The molecule has 0 bridgehead atoms. The first kappa shape index (κ1) is 16.2. The van der Waals surface area contributed by atoms with Gasteiger partial charge < -0.3 is 10.6 Å². The van der Waals surface area contributed by atoms with Crippen molar-refractivity contribution < 1.29 is 4.79 Å². The molecule has 0 saturated heterocycles. The van der Waals surface area contributed by atoms with Crippen LogP contribution in [-0.2, 0) is 11.3 Å². The van der Waals surface area contributed by atoms with Gasteiger partial charge in [0.2, 0.25) is 5.91 Å². The maximum atomic E-state index is 11.9. The Morgan fingerprint density at radius 3 is 2.75 bits per heavy atom. The second-order valence-electron chi connectivity index (χ2n) is 4.57. The van der Waals surface area contributed by atoms with Crippen molar-refractivity contribution in [2.75, 3.05) is 5.32 Å². The van der Waals surface area contributed by atoms with Gasteiger partial charge in [0, 0.05) is 6.04 Å². The topological polar surface area (TPSA) is 76.0 Å². The Balaban J connectivity index is 2.89. The molecule has 1 rings (SSSR count). The first-order valence-corrected chi connectivity index (χ1v) is 6.92. The van der Waals surface area contributed by atoms with E-state index >= 15 is 0 Å². The largest absolute Gasteiger partial charge is 0.372 e. The van der Waals surface area contributed by atoms with Gasteiger partial charge in [0.25, 0.3) is 5.56 Å². The number of carbonyl (C=O) groups excluding carboxylic acids is 1. The van der Waals surface area contributed by atoms with E-state index in [1.165, 1.54) is 6.20 Å². The fourth-order valence-corrected chi connectivity index (χ4v) is 1.89. The van der Waals surface area contributed by atoms with E-state index in [1.54, 1.807) is 6.92 Å². The number of hydrogen-bond donors (Lipinski definition) is 2. The average molecular weight is 341 g/mol. The molecule has 0 spiro atoms. The molecule has 1 aromatic rings. The summed E-state index contributed by atoms with van der Waals surface area (Å²) in [5.74, 6) is 2.19. The molecule has 6 nitrogen and oxygen atoms in total. The maximum absolute atomic E-state index is 11.9. The Morgan fingerprint density at radius 2 is 2.20 bits per heavy atom. The fraction of sp³-hybridized carbons (Fsp3) is 0.462. The van der Waals surface area contributed by atoms with E-state index in [4.69, 9.17) is 6.42 Å². The predicted molar refractivity (Wildman–Crippen MR) is 81.4 cm³/mol. The Bertz CT molecular complexity index is 589. The van der Waals surface area contributed by atoms with Crippen molar-refractivity contribution in [1.82, 2.24) is 15.1 Å². The first-order chi connectivity index (χ1) is 9.36. The van der Waals surface area contributed by atoms with Gasteiger partial charge in [-0.3, -0.25) is 9.59 Å². The van der Waals surface area contributed by atoms with E-state index < -0.39 is 6.04 Å². The highest BCUT2D eigenvalue weighted by atomic mass is 79.9. The quantitative estimate of drug-likeness (QED) is 0.783. The van der Waals surface area contributed by atoms with Crippen LogP contribution in [0.2, 0.25) is 0 Å². The van der Waals surface area contributed by atoms with Crippen molar-refractivity contribution in [3.05, 3.63) is 21.0 Å². The van der Waals surface area contributed by atoms with Gasteiger partial charge >= 0.3 is 0 Å². The highest BCUT2D eigenvalue weighted by molar-refractivity contribution is 9.10. The molecule has 0 fully saturated rings. The molecular formula is C13H17BrN4O2. The number of carbonyl (C=O) groups is 1. The molecule has 0 aliphatic heterocycles. The second-order valence-corrected chi connectivity index (χ2v) is 5.36. The van der Waals surface area contributed by atoms with Crippen molar-refractivity contribution in [3.8, 4) is 12.3 Å². The number of rotatable bonds is 5. The number of anilines is 1. The van der Waals surface area contributed by atoms with Crippen molar-refractivity contribution in [2.24, 2.45) is 0 Å². The highest BCUT2D eigenvalue weighted by Crippen LogP contribution is 2.17. The lowest BCUT2D eigenvalue weighted by molar-refractivity contribution is -0.122. The van der Waals surface area contributed by atoms with Crippen LogP contribution < -0.4 is 16.2 Å². The summed E-state index contributed by atoms with van der Waals surface area (Å²) in [6.07, 6.45) is 6.61. The Hall–Kier alpha value is -1.81. The van der Waals surface area contributed by atoms with Crippen molar-refractivity contribution >= 4 is 27.5 Å². The van der Waals surface area contributed by atoms with Gasteiger partial charge in [-0.2, -0.15) is 5.10 Å². The number of amides is 1. The molecule has 0 radical (unpaired) electrons. The van der Waals surface area contributed by atoms with Crippen LogP contribution in [0.3, 0.4) is 0 Å². The minimum absolute atomic E-state index is 0.0527. The van der Waals surface area contributed by atoms with Crippen LogP contribution in [0.4, 0.5) is 5.69 Å². The zero-order chi connectivity index (χ0) is 15.3. The lowest BCUT2D eigenvalue weighted by Gasteiger charge is -2.17. The molecule has 1 heterocycles. The number of nitrogens with zero attached hydrogens (tertiary/aromatic N) is 2. The van der Waals surface area contributed by atoms with Gasteiger partial charge in [-0.1, -0.05) is 5.92 Å². The van der Waals surface area contributed by atoms with E-state index in [2.05, 4.69) is 37.6 Å². The van der Waals surface area contributed by atoms with Crippen LogP contribution in [0.5, 0.6) is 0 Å². The fourth-order valence-electron chi connectivity index (χ4n) is 1.47. The third kappa shape index (κ3) is 4.10. The van der Waals surface area contributed by atoms with Gasteiger partial charge in [-0.05, 0) is 36.7 Å². The number of hydrogen-bond acceptors (Lipinski definition) is 4. The second kappa shape index (κ2) is 7.10. The molecule has 0 aliphatic carbocycles. The smallest absolute Gasteiger partial charge is 0.284 e. The van der Waals surface area contributed by atoms with Crippen molar-refractivity contribution in [1.29, 1.82) is 0 Å². The summed E-state index contributed by atoms with van der Waals surface area (Å²) in [6, 6.07) is -0.435. The highest BCUT2D eigenvalue weighted by Gasteiger charge is 2.16. The third-order valence-electron chi connectivity index (χ3n) is 2.42. The van der Waals surface area contributed by atoms with E-state index in [-0.39, 0.29) is 24.1 Å². The van der Waals surface area contributed by atoms with E-state index in [0.717, 1.165) is 4.68 Å². The number of aromatic nitrogens is 2. The van der Waals surface area contributed by atoms with Crippen LogP contribution in [0.15, 0.2) is 15.5 Å². The molecular weight excluding hydrogens is 324 g/mol. The lowest BCUT2D eigenvalue weighted by Crippen LogP contribution is -2.41. The van der Waals surface area contributed by atoms with Gasteiger partial charge in [-0.25, -0.2) is 4.68 Å². The SMILES string of the molecule is C#CCn1ncc(NC(C)C(=O)NC(C)C)c(Br)c1=O. The van der Waals surface area contributed by atoms with Gasteiger partial charge in [0.1, 0.15) is 17.1 Å². The Morgan fingerprint density at radius 1 is 1.55 bits per heavy atom. The lowest BCUT2D eigenvalue weighted by atomic mass is 10.2. The Kier molecular flexibility index (Phi) is 5.77. The molecule has 2 N–H and O–H groups in total. The molecule has 0 saturated carbocycles. The zero-order valence-electron chi connectivity index (χ0n) is 11.6. The molecule has 20 heavy (non-hydrogen) atoms. The molecule has 7 heteroatoms. The van der Waals surface area contributed by atoms with Crippen molar-refractivity contribution in [2.45, 2.75) is 39.4 Å². The minimum atomic E-state index is -0.488. The van der Waals surface area contributed by atoms with Crippen LogP contribution in [0.1, 0.15) is 20.8 Å². The standard InChI is InChI=1S/C13H17BrN4O2/c1-5-6-18-13(20)11(14)10(7-15-18)17-9(4)12(19)16-8(2)3/h1,7-9,17H,6H2,2-4H3,(H,16,19). The first-order valence-electron chi connectivity index (χ1n) is 6.12. The molecule has 0 aliphatic rings. The average Bonchev–Trinajstić information content (AvgIpc) is 2.37. The summed E-state index contributed by atoms with van der Waals surface area (Å²) in [6.45, 7) is 5.56. The summed E-state index contributed by atoms with van der Waals surface area (Å²) in [5, 5.41) is 9.66. The van der Waals surface area contributed by atoms with E-state index in [1.807, 2.05) is 13.8 Å². The summed E-state index contributed by atoms with van der Waals surface area (Å²) in [5.41, 5.74) is 0.110. The summed E-state index contributed by atoms with van der Waals surface area (Å²) in [4.78, 5) is 23.7. The molecule has 1 atom stereocenters. The van der Waals surface area contributed by atoms with Crippen LogP contribution in [0, 0.1) is 12.3 Å². The molecule has 1 aromatic heterocycles. The number of halogens is 1. The molecule has 108 valence electrons. The minimum Gasteiger partial charge on any atom is -0.372 e. The summed E-state index contributed by atoms with van der Waals surface area (Å²) < 4.78 is 1.46. The van der Waals surface area contributed by atoms with E-state index in [9.17, 15) is 9.59 Å². The monoisotopic (exact) mass is 340 g/mol. The number of nitrogens with one attached hydrogen (secondary N) is 2. The normalized spacial score (nSPS) is 11.8. The predicted octanol–water partition coefficient (Wildman–Crippen LogP) is 0.964. The third-order valence-corrected chi connectivity index (χ3v) is 3.19. The Labute approximate surface area is 126 Å². The molecule has 1 unspecified atom stereocenters. The van der Waals surface area contributed by atoms with Gasteiger partial charge in [0.05, 0.1) is 11.9 Å². The summed E-state index contributed by atoms with van der Waals surface area (Å²) in [7, 11) is 0. The summed E-state index contributed by atoms with van der Waals surface area (Å²) >= 11 is 3.19. The molecule has 1 amide bonds. The maximum Gasteiger partial charge on any atom is 0.284 e. The van der Waals surface area contributed by atoms with Crippen LogP contribution in [-0.4, -0.2) is 27.8 Å². The van der Waals surface area contributed by atoms with Crippen LogP contribution in [0.25, 0.3) is 0 Å². The van der Waals surface area contributed by atoms with Crippen LogP contribution >= 0.6 is 15.9 Å². The van der Waals surface area contributed by atoms with E-state index in [0.29, 0.717) is 10.2 Å².